The van der Waals surface area contributed by atoms with E-state index in [0.717, 1.165) is 11.3 Å². The number of rotatable bonds is 6. The minimum Gasteiger partial charge on any atom is -0.496 e. The van der Waals surface area contributed by atoms with Crippen molar-refractivity contribution in [1.29, 1.82) is 0 Å². The predicted molar refractivity (Wildman–Crippen MR) is 77.6 cm³/mol. The van der Waals surface area contributed by atoms with Crippen molar-refractivity contribution >= 4 is 17.5 Å². The number of carbonyl (C=O) groups excluding carboxylic acids is 1. The van der Waals surface area contributed by atoms with Crippen LogP contribution in [-0.4, -0.2) is 25.1 Å². The molecule has 0 saturated carbocycles. The van der Waals surface area contributed by atoms with E-state index >= 15 is 0 Å². The van der Waals surface area contributed by atoms with Gasteiger partial charge in [-0.05, 0) is 32.9 Å². The summed E-state index contributed by atoms with van der Waals surface area (Å²) >= 11 is 6.13. The fraction of sp³-hybridized carbons (Fsp3) is 0.500. The zero-order chi connectivity index (χ0) is 14.4. The van der Waals surface area contributed by atoms with Crippen molar-refractivity contribution in [2.45, 2.75) is 39.4 Å². The number of benzene rings is 1. The van der Waals surface area contributed by atoms with E-state index in [1.54, 1.807) is 13.2 Å². The molecule has 0 aliphatic rings. The first kappa shape index (κ1) is 15.8. The number of hydrogen-bond acceptors (Lipinski definition) is 3. The summed E-state index contributed by atoms with van der Waals surface area (Å²) in [6, 6.07) is 5.33. The summed E-state index contributed by atoms with van der Waals surface area (Å²) in [6.45, 7) is 6.17. The van der Waals surface area contributed by atoms with E-state index in [1.165, 1.54) is 0 Å². The van der Waals surface area contributed by atoms with Gasteiger partial charge < -0.3 is 15.4 Å². The fourth-order valence-corrected chi connectivity index (χ4v) is 1.89. The van der Waals surface area contributed by atoms with Gasteiger partial charge in [-0.1, -0.05) is 17.7 Å². The van der Waals surface area contributed by atoms with Gasteiger partial charge in [0.25, 0.3) is 0 Å². The Morgan fingerprint density at radius 2 is 2.05 bits per heavy atom. The van der Waals surface area contributed by atoms with Crippen LogP contribution in [0.2, 0.25) is 5.02 Å². The van der Waals surface area contributed by atoms with E-state index in [1.807, 2.05) is 32.9 Å². The van der Waals surface area contributed by atoms with Gasteiger partial charge in [-0.15, -0.1) is 0 Å². The summed E-state index contributed by atoms with van der Waals surface area (Å²) in [5, 5.41) is 6.63. The van der Waals surface area contributed by atoms with Gasteiger partial charge in [0.2, 0.25) is 5.91 Å². The minimum absolute atomic E-state index is 0.0268. The Morgan fingerprint density at radius 1 is 1.37 bits per heavy atom. The number of nitrogens with one attached hydrogen (secondary N) is 2. The number of hydrogen-bond donors (Lipinski definition) is 2. The third kappa shape index (κ3) is 4.73. The average Bonchev–Trinajstić information content (AvgIpc) is 2.35. The van der Waals surface area contributed by atoms with Crippen LogP contribution in [0.15, 0.2) is 18.2 Å². The number of methoxy groups -OCH3 is 1. The topological polar surface area (TPSA) is 50.4 Å². The highest BCUT2D eigenvalue weighted by molar-refractivity contribution is 6.31. The Hall–Kier alpha value is -1.26. The smallest absolute Gasteiger partial charge is 0.237 e. The summed E-state index contributed by atoms with van der Waals surface area (Å²) in [6.07, 6.45) is 0. The van der Waals surface area contributed by atoms with Gasteiger partial charge in [-0.3, -0.25) is 4.79 Å². The van der Waals surface area contributed by atoms with Gasteiger partial charge in [0.05, 0.1) is 13.2 Å². The summed E-state index contributed by atoms with van der Waals surface area (Å²) in [5.41, 5.74) is 0.857. The number of carbonyl (C=O) groups is 1. The second-order valence-electron chi connectivity index (χ2n) is 4.69. The van der Waals surface area contributed by atoms with Crippen LogP contribution in [0, 0.1) is 0 Å². The van der Waals surface area contributed by atoms with Crippen LogP contribution in [0.5, 0.6) is 5.75 Å². The molecular weight excluding hydrogens is 264 g/mol. The van der Waals surface area contributed by atoms with Crippen molar-refractivity contribution < 1.29 is 9.53 Å². The minimum atomic E-state index is -0.289. The molecule has 0 saturated heterocycles. The molecule has 1 aromatic carbocycles. The van der Waals surface area contributed by atoms with Gasteiger partial charge >= 0.3 is 0 Å². The standard InChI is InChI=1S/C14H21ClN2O2/c1-9(2)17-14(18)10(3)16-8-11-12(15)6-5-7-13(11)19-4/h5-7,9-10,16H,8H2,1-4H3,(H,17,18). The predicted octanol–water partition coefficient (Wildman–Crippen LogP) is 2.35. The van der Waals surface area contributed by atoms with Crippen molar-refractivity contribution in [3.8, 4) is 5.75 Å². The Bertz CT molecular complexity index is 435. The monoisotopic (exact) mass is 284 g/mol. The first-order chi connectivity index (χ1) is 8.95. The molecule has 0 aliphatic carbocycles. The fourth-order valence-electron chi connectivity index (χ4n) is 1.66. The lowest BCUT2D eigenvalue weighted by Crippen LogP contribution is -2.44. The highest BCUT2D eigenvalue weighted by Gasteiger charge is 2.15. The molecule has 0 spiro atoms. The molecule has 0 aliphatic heterocycles. The summed E-state index contributed by atoms with van der Waals surface area (Å²) < 4.78 is 5.26. The van der Waals surface area contributed by atoms with E-state index in [-0.39, 0.29) is 18.0 Å². The van der Waals surface area contributed by atoms with E-state index in [2.05, 4.69) is 10.6 Å². The second kappa shape index (κ2) is 7.36. The molecule has 4 nitrogen and oxygen atoms in total. The molecule has 0 aromatic heterocycles. The zero-order valence-electron chi connectivity index (χ0n) is 11.8. The van der Waals surface area contributed by atoms with E-state index < -0.39 is 0 Å². The van der Waals surface area contributed by atoms with Crippen molar-refractivity contribution in [3.63, 3.8) is 0 Å². The molecule has 19 heavy (non-hydrogen) atoms. The van der Waals surface area contributed by atoms with Crippen molar-refractivity contribution in [1.82, 2.24) is 10.6 Å². The van der Waals surface area contributed by atoms with Gasteiger partial charge in [0.15, 0.2) is 0 Å². The van der Waals surface area contributed by atoms with Crippen LogP contribution in [0.4, 0.5) is 0 Å². The third-order valence-corrected chi connectivity index (χ3v) is 3.06. The van der Waals surface area contributed by atoms with E-state index in [0.29, 0.717) is 11.6 Å². The van der Waals surface area contributed by atoms with Gasteiger partial charge in [-0.2, -0.15) is 0 Å². The quantitative estimate of drug-likeness (QED) is 0.843. The van der Waals surface area contributed by atoms with E-state index in [9.17, 15) is 4.79 Å². The molecule has 1 atom stereocenters. The van der Waals surface area contributed by atoms with Gasteiger partial charge in [0.1, 0.15) is 5.75 Å². The lowest BCUT2D eigenvalue weighted by Gasteiger charge is -2.17. The Kier molecular flexibility index (Phi) is 6.12. The maximum Gasteiger partial charge on any atom is 0.237 e. The largest absolute Gasteiger partial charge is 0.496 e. The van der Waals surface area contributed by atoms with Crippen LogP contribution in [0.3, 0.4) is 0 Å². The SMILES string of the molecule is COc1cccc(Cl)c1CNC(C)C(=O)NC(C)C. The molecule has 0 bridgehead atoms. The first-order valence-corrected chi connectivity index (χ1v) is 6.68. The van der Waals surface area contributed by atoms with Gasteiger partial charge in [-0.25, -0.2) is 0 Å². The third-order valence-electron chi connectivity index (χ3n) is 2.71. The molecule has 0 fully saturated rings. The Balaban J connectivity index is 2.64. The summed E-state index contributed by atoms with van der Waals surface area (Å²) in [7, 11) is 1.60. The van der Waals surface area contributed by atoms with Crippen molar-refractivity contribution in [3.05, 3.63) is 28.8 Å². The molecule has 0 radical (unpaired) electrons. The number of amides is 1. The normalized spacial score (nSPS) is 12.3. The van der Waals surface area contributed by atoms with Gasteiger partial charge in [0, 0.05) is 23.2 Å². The van der Waals surface area contributed by atoms with Crippen LogP contribution in [-0.2, 0) is 11.3 Å². The summed E-state index contributed by atoms with van der Waals surface area (Å²) in [4.78, 5) is 11.8. The van der Waals surface area contributed by atoms with E-state index in [4.69, 9.17) is 16.3 Å². The Morgan fingerprint density at radius 3 is 2.63 bits per heavy atom. The van der Waals surface area contributed by atoms with Crippen LogP contribution >= 0.6 is 11.6 Å². The summed E-state index contributed by atoms with van der Waals surface area (Å²) in [5.74, 6) is 0.692. The lowest BCUT2D eigenvalue weighted by molar-refractivity contribution is -0.123. The molecule has 1 rings (SSSR count). The molecule has 1 aromatic rings. The van der Waals surface area contributed by atoms with Crippen LogP contribution < -0.4 is 15.4 Å². The molecule has 1 unspecified atom stereocenters. The second-order valence-corrected chi connectivity index (χ2v) is 5.09. The van der Waals surface area contributed by atoms with Crippen LogP contribution in [0.25, 0.3) is 0 Å². The highest BCUT2D eigenvalue weighted by Crippen LogP contribution is 2.25. The first-order valence-electron chi connectivity index (χ1n) is 6.30. The molecule has 106 valence electrons. The lowest BCUT2D eigenvalue weighted by atomic mass is 10.2. The van der Waals surface area contributed by atoms with Crippen LogP contribution in [0.1, 0.15) is 26.3 Å². The molecule has 0 heterocycles. The van der Waals surface area contributed by atoms with Crippen molar-refractivity contribution in [2.24, 2.45) is 0 Å². The Labute approximate surface area is 119 Å². The molecule has 1 amide bonds. The molecule has 2 N–H and O–H groups in total. The maximum atomic E-state index is 11.8. The zero-order valence-corrected chi connectivity index (χ0v) is 12.5. The highest BCUT2D eigenvalue weighted by atomic mass is 35.5. The maximum absolute atomic E-state index is 11.8. The number of halogens is 1. The van der Waals surface area contributed by atoms with Crippen molar-refractivity contribution in [2.75, 3.05) is 7.11 Å². The number of ether oxygens (including phenoxy) is 1. The molecule has 5 heteroatoms. The molecular formula is C14H21ClN2O2. The average molecular weight is 285 g/mol.